The van der Waals surface area contributed by atoms with E-state index in [0.717, 1.165) is 38.5 Å². The minimum absolute atomic E-state index is 0.0406. The number of carbonyl (C=O) groups is 2. The maximum atomic E-state index is 12.1. The van der Waals surface area contributed by atoms with Gasteiger partial charge in [-0.3, -0.25) is 0 Å². The third-order valence-electron chi connectivity index (χ3n) is 3.70. The van der Waals surface area contributed by atoms with Crippen molar-refractivity contribution >= 4 is 11.9 Å². The molecule has 0 radical (unpaired) electrons. The average Bonchev–Trinajstić information content (AvgIpc) is 2.58. The van der Waals surface area contributed by atoms with Gasteiger partial charge in [-0.25, -0.2) is 9.59 Å². The second-order valence-corrected chi connectivity index (χ2v) is 5.64. The molecule has 1 aromatic carbocycles. The number of esters is 2. The predicted molar refractivity (Wildman–Crippen MR) is 90.7 cm³/mol. The van der Waals surface area contributed by atoms with E-state index in [1.165, 1.54) is 0 Å². The average molecular weight is 320 g/mol. The smallest absolute Gasteiger partial charge is 0.338 e. The molecule has 0 fully saturated rings. The van der Waals surface area contributed by atoms with Gasteiger partial charge in [-0.1, -0.05) is 40.0 Å². The van der Waals surface area contributed by atoms with Gasteiger partial charge < -0.3 is 9.47 Å². The third kappa shape index (κ3) is 6.85. The number of ether oxygens (including phenoxy) is 2. The molecule has 0 saturated carbocycles. The zero-order valence-electron chi connectivity index (χ0n) is 14.5. The number of carbonyl (C=O) groups excluding carboxylic acids is 2. The van der Waals surface area contributed by atoms with Gasteiger partial charge in [0.25, 0.3) is 0 Å². The molecule has 0 aliphatic carbocycles. The zero-order valence-corrected chi connectivity index (χ0v) is 14.5. The Kier molecular flexibility index (Phi) is 9.03. The Morgan fingerprint density at radius 1 is 0.913 bits per heavy atom. The summed E-state index contributed by atoms with van der Waals surface area (Å²) >= 11 is 0. The second kappa shape index (κ2) is 10.8. The van der Waals surface area contributed by atoms with E-state index < -0.39 is 0 Å². The number of rotatable bonds is 10. The van der Waals surface area contributed by atoms with Gasteiger partial charge in [0.05, 0.1) is 17.7 Å². The fraction of sp³-hybridized carbons (Fsp3) is 0.579. The standard InChI is InChI=1S/C19H28O4/c1-4-7-9-17(6-3)23-19(21)16-12-10-15(11-13-16)18(20)22-14-8-5-2/h10-13,17H,4-9,14H2,1-3H3. The van der Waals surface area contributed by atoms with E-state index in [2.05, 4.69) is 6.92 Å². The van der Waals surface area contributed by atoms with Gasteiger partial charge in [0.2, 0.25) is 0 Å². The van der Waals surface area contributed by atoms with Crippen LogP contribution in [0.15, 0.2) is 24.3 Å². The predicted octanol–water partition coefficient (Wildman–Crippen LogP) is 4.77. The summed E-state index contributed by atoms with van der Waals surface area (Å²) in [6.45, 7) is 6.60. The van der Waals surface area contributed by atoms with Crippen LogP contribution >= 0.6 is 0 Å². The lowest BCUT2D eigenvalue weighted by atomic mass is 10.1. The normalized spacial score (nSPS) is 11.8. The van der Waals surface area contributed by atoms with Gasteiger partial charge >= 0.3 is 11.9 Å². The number of hydrogen-bond acceptors (Lipinski definition) is 4. The summed E-state index contributed by atoms with van der Waals surface area (Å²) in [7, 11) is 0. The Balaban J connectivity index is 2.57. The van der Waals surface area contributed by atoms with E-state index >= 15 is 0 Å². The van der Waals surface area contributed by atoms with Crippen molar-refractivity contribution in [2.24, 2.45) is 0 Å². The molecule has 4 nitrogen and oxygen atoms in total. The van der Waals surface area contributed by atoms with Crippen LogP contribution in [0.25, 0.3) is 0 Å². The minimum atomic E-state index is -0.354. The van der Waals surface area contributed by atoms with E-state index in [0.29, 0.717) is 17.7 Å². The molecule has 1 unspecified atom stereocenters. The maximum Gasteiger partial charge on any atom is 0.338 e. The first-order chi connectivity index (χ1) is 11.1. The molecule has 0 N–H and O–H groups in total. The minimum Gasteiger partial charge on any atom is -0.462 e. The Morgan fingerprint density at radius 2 is 1.48 bits per heavy atom. The Bertz CT molecular complexity index is 479. The lowest BCUT2D eigenvalue weighted by Gasteiger charge is -2.15. The summed E-state index contributed by atoms with van der Waals surface area (Å²) in [5.74, 6) is -0.688. The highest BCUT2D eigenvalue weighted by Gasteiger charge is 2.15. The summed E-state index contributed by atoms with van der Waals surface area (Å²) in [6.07, 6.45) is 5.63. The van der Waals surface area contributed by atoms with Crippen molar-refractivity contribution < 1.29 is 19.1 Å². The molecule has 0 aliphatic heterocycles. The SMILES string of the molecule is CCCCOC(=O)c1ccc(C(=O)OC(CC)CCCC)cc1. The molecule has 0 saturated heterocycles. The third-order valence-corrected chi connectivity index (χ3v) is 3.70. The molecule has 1 rings (SSSR count). The highest BCUT2D eigenvalue weighted by Crippen LogP contribution is 2.13. The molecular weight excluding hydrogens is 292 g/mol. The molecule has 4 heteroatoms. The van der Waals surface area contributed by atoms with Crippen LogP contribution < -0.4 is 0 Å². The molecular formula is C19H28O4. The van der Waals surface area contributed by atoms with Crippen LogP contribution in [-0.2, 0) is 9.47 Å². The number of benzene rings is 1. The maximum absolute atomic E-state index is 12.1. The molecule has 0 aromatic heterocycles. The van der Waals surface area contributed by atoms with E-state index in [-0.39, 0.29) is 18.0 Å². The fourth-order valence-corrected chi connectivity index (χ4v) is 2.13. The second-order valence-electron chi connectivity index (χ2n) is 5.64. The van der Waals surface area contributed by atoms with E-state index in [1.807, 2.05) is 13.8 Å². The van der Waals surface area contributed by atoms with E-state index in [9.17, 15) is 9.59 Å². The van der Waals surface area contributed by atoms with Crippen LogP contribution in [0.2, 0.25) is 0 Å². The first-order valence-electron chi connectivity index (χ1n) is 8.60. The van der Waals surface area contributed by atoms with Crippen molar-refractivity contribution in [1.29, 1.82) is 0 Å². The largest absolute Gasteiger partial charge is 0.462 e. The first-order valence-corrected chi connectivity index (χ1v) is 8.60. The quantitative estimate of drug-likeness (QED) is 0.460. The van der Waals surface area contributed by atoms with Gasteiger partial charge in [-0.05, 0) is 43.5 Å². The van der Waals surface area contributed by atoms with E-state index in [1.54, 1.807) is 24.3 Å². The summed E-state index contributed by atoms with van der Waals surface area (Å²) in [6, 6.07) is 6.45. The van der Waals surface area contributed by atoms with Crippen molar-refractivity contribution in [3.05, 3.63) is 35.4 Å². The topological polar surface area (TPSA) is 52.6 Å². The van der Waals surface area contributed by atoms with Gasteiger partial charge in [0, 0.05) is 0 Å². The molecule has 128 valence electrons. The van der Waals surface area contributed by atoms with Crippen molar-refractivity contribution in [2.75, 3.05) is 6.61 Å². The monoisotopic (exact) mass is 320 g/mol. The van der Waals surface area contributed by atoms with Crippen molar-refractivity contribution in [2.45, 2.75) is 65.4 Å². The van der Waals surface area contributed by atoms with E-state index in [4.69, 9.17) is 9.47 Å². The first kappa shape index (κ1) is 19.2. The van der Waals surface area contributed by atoms with Gasteiger partial charge in [0.15, 0.2) is 0 Å². The van der Waals surface area contributed by atoms with Crippen LogP contribution in [0.1, 0.15) is 80.0 Å². The van der Waals surface area contributed by atoms with Gasteiger partial charge in [-0.2, -0.15) is 0 Å². The summed E-state index contributed by atoms with van der Waals surface area (Å²) < 4.78 is 10.7. The summed E-state index contributed by atoms with van der Waals surface area (Å²) in [5, 5.41) is 0. The lowest BCUT2D eigenvalue weighted by molar-refractivity contribution is 0.0267. The van der Waals surface area contributed by atoms with Crippen LogP contribution in [-0.4, -0.2) is 24.6 Å². The van der Waals surface area contributed by atoms with Crippen LogP contribution in [0, 0.1) is 0 Å². The molecule has 1 atom stereocenters. The molecule has 0 amide bonds. The van der Waals surface area contributed by atoms with Crippen molar-refractivity contribution in [3.63, 3.8) is 0 Å². The molecule has 0 aliphatic rings. The number of unbranched alkanes of at least 4 members (excludes halogenated alkanes) is 2. The van der Waals surface area contributed by atoms with Crippen LogP contribution in [0.4, 0.5) is 0 Å². The Hall–Kier alpha value is -1.84. The Labute approximate surface area is 139 Å². The molecule has 1 aromatic rings. The van der Waals surface area contributed by atoms with Crippen molar-refractivity contribution in [3.8, 4) is 0 Å². The highest BCUT2D eigenvalue weighted by atomic mass is 16.5. The zero-order chi connectivity index (χ0) is 17.1. The summed E-state index contributed by atoms with van der Waals surface area (Å²) in [4.78, 5) is 23.9. The van der Waals surface area contributed by atoms with Crippen LogP contribution in [0.5, 0.6) is 0 Å². The fourth-order valence-electron chi connectivity index (χ4n) is 2.13. The highest BCUT2D eigenvalue weighted by molar-refractivity contribution is 5.93. The van der Waals surface area contributed by atoms with Gasteiger partial charge in [-0.15, -0.1) is 0 Å². The molecule has 0 spiro atoms. The number of hydrogen-bond donors (Lipinski definition) is 0. The Morgan fingerprint density at radius 3 is 2.00 bits per heavy atom. The molecule has 23 heavy (non-hydrogen) atoms. The van der Waals surface area contributed by atoms with Crippen LogP contribution in [0.3, 0.4) is 0 Å². The van der Waals surface area contributed by atoms with Gasteiger partial charge in [0.1, 0.15) is 6.10 Å². The molecule has 0 heterocycles. The summed E-state index contributed by atoms with van der Waals surface area (Å²) in [5.41, 5.74) is 0.917. The lowest BCUT2D eigenvalue weighted by Crippen LogP contribution is -2.17. The van der Waals surface area contributed by atoms with Crippen molar-refractivity contribution in [1.82, 2.24) is 0 Å². The molecule has 0 bridgehead atoms.